The smallest absolute Gasteiger partial charge is 0.391 e. The van der Waals surface area contributed by atoms with Crippen LogP contribution in [-0.2, 0) is 9.84 Å². The Labute approximate surface area is 215 Å². The van der Waals surface area contributed by atoms with Gasteiger partial charge >= 0.3 is 5.51 Å². The van der Waals surface area contributed by atoms with E-state index in [1.807, 2.05) is 28.9 Å². The topological polar surface area (TPSA) is 96.6 Å². The molecule has 1 aromatic carbocycles. The van der Waals surface area contributed by atoms with Gasteiger partial charge in [0.15, 0.2) is 9.84 Å². The number of rotatable bonds is 6. The number of fused-ring (bicyclic) bond motifs is 1. The van der Waals surface area contributed by atoms with E-state index < -0.39 is 32.7 Å². The van der Waals surface area contributed by atoms with Crippen molar-refractivity contribution in [2.75, 3.05) is 5.32 Å². The summed E-state index contributed by atoms with van der Waals surface area (Å²) in [4.78, 5) is 8.36. The zero-order valence-electron chi connectivity index (χ0n) is 19.3. The summed E-state index contributed by atoms with van der Waals surface area (Å²) in [6.07, 6.45) is 6.37. The van der Waals surface area contributed by atoms with Crippen LogP contribution in [0.2, 0.25) is 0 Å². The average Bonchev–Trinajstić information content (AvgIpc) is 3.33. The number of aromatic nitrogens is 3. The Kier molecular flexibility index (Phi) is 6.90. The van der Waals surface area contributed by atoms with Crippen LogP contribution in [0.4, 0.5) is 19.0 Å². The van der Waals surface area contributed by atoms with Crippen LogP contribution in [0.25, 0.3) is 16.8 Å². The maximum absolute atomic E-state index is 13.3. The van der Waals surface area contributed by atoms with E-state index in [4.69, 9.17) is 0 Å². The third kappa shape index (κ3) is 5.76. The van der Waals surface area contributed by atoms with Crippen LogP contribution in [0.15, 0.2) is 83.1 Å². The van der Waals surface area contributed by atoms with E-state index in [0.717, 1.165) is 23.0 Å². The number of imidazole rings is 1. The molecule has 3 atom stereocenters. The maximum atomic E-state index is 13.3. The lowest BCUT2D eigenvalue weighted by molar-refractivity contribution is -0.0328. The van der Waals surface area contributed by atoms with Gasteiger partial charge in [0.1, 0.15) is 11.5 Å². The summed E-state index contributed by atoms with van der Waals surface area (Å²) in [5, 5.41) is 12.9. The highest BCUT2D eigenvalue weighted by Gasteiger charge is 2.37. The van der Waals surface area contributed by atoms with E-state index in [2.05, 4.69) is 15.3 Å². The fourth-order valence-electron chi connectivity index (χ4n) is 4.53. The van der Waals surface area contributed by atoms with Gasteiger partial charge in [-0.2, -0.15) is 13.2 Å². The second-order valence-electron chi connectivity index (χ2n) is 8.86. The average molecular weight is 549 g/mol. The van der Waals surface area contributed by atoms with Crippen molar-refractivity contribution in [3.8, 4) is 11.1 Å². The minimum absolute atomic E-state index is 0.0401. The molecule has 194 valence electrons. The number of aliphatic hydroxyl groups is 1. The van der Waals surface area contributed by atoms with Gasteiger partial charge in [0.2, 0.25) is 0 Å². The van der Waals surface area contributed by atoms with Crippen LogP contribution in [0.1, 0.15) is 19.3 Å². The molecule has 0 unspecified atom stereocenters. The molecule has 3 heterocycles. The first-order valence-corrected chi connectivity index (χ1v) is 13.9. The number of alkyl halides is 3. The molecule has 1 aliphatic rings. The predicted molar refractivity (Wildman–Crippen MR) is 135 cm³/mol. The van der Waals surface area contributed by atoms with E-state index in [9.17, 15) is 26.7 Å². The standard InChI is InChI=1S/C25H23F3N4O3S2/c26-25(27,28)36-18-4-9-23(30-14-18)31-21-8-7-20(13-22(21)33)37(34,35)19-5-1-16(2-6-19)17-3-10-24-29-11-12-32(24)15-17/h1-6,9-12,14-15,20-22,33H,7-8,13H2,(H,30,31)/t20-,21-,22-/m1/s1. The first-order valence-electron chi connectivity index (χ1n) is 11.5. The molecule has 0 radical (unpaired) electrons. The molecule has 37 heavy (non-hydrogen) atoms. The molecule has 0 aliphatic heterocycles. The van der Waals surface area contributed by atoms with Gasteiger partial charge in [0, 0.05) is 29.7 Å². The molecular formula is C25H23F3N4O3S2. The molecule has 4 aromatic rings. The lowest BCUT2D eigenvalue weighted by atomic mass is 9.92. The molecule has 0 amide bonds. The quantitative estimate of drug-likeness (QED) is 0.321. The number of anilines is 1. The Morgan fingerprint density at radius 1 is 1.00 bits per heavy atom. The monoisotopic (exact) mass is 548 g/mol. The third-order valence-electron chi connectivity index (χ3n) is 6.42. The van der Waals surface area contributed by atoms with Crippen molar-refractivity contribution in [1.29, 1.82) is 0 Å². The van der Waals surface area contributed by atoms with E-state index in [1.54, 1.807) is 30.5 Å². The number of hydrogen-bond acceptors (Lipinski definition) is 7. The molecule has 5 rings (SSSR count). The van der Waals surface area contributed by atoms with Crippen molar-refractivity contribution in [3.05, 3.63) is 73.3 Å². The Bertz CT molecular complexity index is 1490. The summed E-state index contributed by atoms with van der Waals surface area (Å²) in [5.41, 5.74) is -1.78. The summed E-state index contributed by atoms with van der Waals surface area (Å²) in [6.45, 7) is 0. The zero-order chi connectivity index (χ0) is 26.2. The number of sulfone groups is 1. The SMILES string of the molecule is O=S(=O)(c1ccc(-c2ccc3nccn3c2)cc1)[C@@H]1CC[C@@H](Nc2ccc(SC(F)(F)F)cn2)[C@H](O)C1. The fourth-order valence-corrected chi connectivity index (χ4v) is 6.84. The molecule has 1 fully saturated rings. The molecular weight excluding hydrogens is 525 g/mol. The van der Waals surface area contributed by atoms with Crippen molar-refractivity contribution in [1.82, 2.24) is 14.4 Å². The minimum atomic E-state index is -4.40. The molecule has 0 spiro atoms. The van der Waals surface area contributed by atoms with E-state index in [-0.39, 0.29) is 28.0 Å². The van der Waals surface area contributed by atoms with E-state index >= 15 is 0 Å². The minimum Gasteiger partial charge on any atom is -0.391 e. The zero-order valence-corrected chi connectivity index (χ0v) is 21.0. The Hall–Kier alpha value is -3.09. The number of nitrogens with one attached hydrogen (secondary N) is 1. The summed E-state index contributed by atoms with van der Waals surface area (Å²) < 4.78 is 65.9. The van der Waals surface area contributed by atoms with Crippen LogP contribution in [0.3, 0.4) is 0 Å². The lowest BCUT2D eigenvalue weighted by Gasteiger charge is -2.33. The predicted octanol–water partition coefficient (Wildman–Crippen LogP) is 5.18. The van der Waals surface area contributed by atoms with Gasteiger partial charge in [-0.25, -0.2) is 18.4 Å². The molecule has 3 aromatic heterocycles. The van der Waals surface area contributed by atoms with Gasteiger partial charge in [0.25, 0.3) is 0 Å². The van der Waals surface area contributed by atoms with Crippen molar-refractivity contribution < 1.29 is 26.7 Å². The highest BCUT2D eigenvalue weighted by atomic mass is 32.2. The molecule has 2 N–H and O–H groups in total. The van der Waals surface area contributed by atoms with E-state index in [0.29, 0.717) is 18.7 Å². The Morgan fingerprint density at radius 2 is 1.76 bits per heavy atom. The first kappa shape index (κ1) is 25.6. The Balaban J connectivity index is 1.23. The van der Waals surface area contributed by atoms with Crippen LogP contribution in [0, 0.1) is 0 Å². The molecule has 0 bridgehead atoms. The fraction of sp³-hybridized carbons (Fsp3) is 0.280. The highest BCUT2D eigenvalue weighted by molar-refractivity contribution is 8.00. The number of pyridine rings is 2. The maximum Gasteiger partial charge on any atom is 0.446 e. The van der Waals surface area contributed by atoms with Crippen LogP contribution >= 0.6 is 11.8 Å². The normalized spacial score (nSPS) is 20.7. The summed E-state index contributed by atoms with van der Waals surface area (Å²) in [7, 11) is -3.67. The molecule has 12 heteroatoms. The lowest BCUT2D eigenvalue weighted by Crippen LogP contribution is -2.43. The number of halogens is 3. The second-order valence-corrected chi connectivity index (χ2v) is 12.2. The van der Waals surface area contributed by atoms with Gasteiger partial charge in [-0.15, -0.1) is 0 Å². The summed E-state index contributed by atoms with van der Waals surface area (Å²) >= 11 is -0.253. The van der Waals surface area contributed by atoms with Crippen molar-refractivity contribution in [2.24, 2.45) is 0 Å². The number of hydrogen-bond donors (Lipinski definition) is 2. The van der Waals surface area contributed by atoms with Crippen molar-refractivity contribution >= 4 is 33.1 Å². The van der Waals surface area contributed by atoms with Gasteiger partial charge in [-0.1, -0.05) is 12.1 Å². The van der Waals surface area contributed by atoms with E-state index in [1.165, 1.54) is 12.1 Å². The van der Waals surface area contributed by atoms with Gasteiger partial charge in [-0.05, 0) is 78.5 Å². The molecule has 0 saturated heterocycles. The van der Waals surface area contributed by atoms with Crippen LogP contribution in [0.5, 0.6) is 0 Å². The summed E-state index contributed by atoms with van der Waals surface area (Å²) in [6, 6.07) is 12.8. The van der Waals surface area contributed by atoms with Crippen molar-refractivity contribution in [2.45, 2.75) is 52.0 Å². The number of nitrogens with zero attached hydrogens (tertiary/aromatic N) is 3. The second kappa shape index (κ2) is 9.99. The Morgan fingerprint density at radius 3 is 2.43 bits per heavy atom. The van der Waals surface area contributed by atoms with Gasteiger partial charge in [-0.3, -0.25) is 0 Å². The molecule has 1 saturated carbocycles. The third-order valence-corrected chi connectivity index (χ3v) is 9.36. The number of benzene rings is 1. The summed E-state index contributed by atoms with van der Waals surface area (Å²) in [5.74, 6) is 0.321. The number of aliphatic hydroxyl groups excluding tert-OH is 1. The van der Waals surface area contributed by atoms with Crippen molar-refractivity contribution in [3.63, 3.8) is 0 Å². The van der Waals surface area contributed by atoms with Gasteiger partial charge < -0.3 is 14.8 Å². The van der Waals surface area contributed by atoms with Crippen LogP contribution in [-0.4, -0.2) is 50.8 Å². The first-order chi connectivity index (χ1) is 17.6. The molecule has 1 aliphatic carbocycles. The van der Waals surface area contributed by atoms with Gasteiger partial charge in [0.05, 0.1) is 22.3 Å². The van der Waals surface area contributed by atoms with Crippen LogP contribution < -0.4 is 5.32 Å². The number of thioether (sulfide) groups is 1. The largest absolute Gasteiger partial charge is 0.446 e. The highest BCUT2D eigenvalue weighted by Crippen LogP contribution is 2.37. The molecule has 7 nitrogen and oxygen atoms in total.